The van der Waals surface area contributed by atoms with E-state index in [2.05, 4.69) is 0 Å². The van der Waals surface area contributed by atoms with E-state index in [9.17, 15) is 23.6 Å². The zero-order valence-corrected chi connectivity index (χ0v) is 19.3. The number of halogens is 2. The maximum Gasteiger partial charge on any atom is 0.410 e. The van der Waals surface area contributed by atoms with Gasteiger partial charge < -0.3 is 19.6 Å². The van der Waals surface area contributed by atoms with Gasteiger partial charge in [0, 0.05) is 18.7 Å². The molecule has 0 spiro atoms. The summed E-state index contributed by atoms with van der Waals surface area (Å²) in [6.07, 6.45) is 0.120. The summed E-state index contributed by atoms with van der Waals surface area (Å²) in [6.45, 7) is 12.3. The highest BCUT2D eigenvalue weighted by Crippen LogP contribution is 2.40. The van der Waals surface area contributed by atoms with Gasteiger partial charge in [-0.05, 0) is 61.3 Å². The predicted molar refractivity (Wildman–Crippen MR) is 109 cm³/mol. The van der Waals surface area contributed by atoms with Gasteiger partial charge >= 0.3 is 12.1 Å². The molecule has 1 fully saturated rings. The lowest BCUT2D eigenvalue weighted by atomic mass is 9.72. The van der Waals surface area contributed by atoms with Gasteiger partial charge in [-0.3, -0.25) is 4.79 Å². The van der Waals surface area contributed by atoms with Gasteiger partial charge in [0.15, 0.2) is 11.6 Å². The third kappa shape index (κ3) is 6.27. The average Bonchev–Trinajstić information content (AvgIpc) is 2.54. The molecule has 0 aromatic carbocycles. The van der Waals surface area contributed by atoms with Crippen molar-refractivity contribution in [2.75, 3.05) is 6.54 Å². The van der Waals surface area contributed by atoms with Crippen LogP contribution in [-0.4, -0.2) is 40.8 Å². The molecular formula is C22H32F2N2O5. The fourth-order valence-electron chi connectivity index (χ4n) is 3.75. The number of amides is 1. The Morgan fingerprint density at radius 1 is 1.19 bits per heavy atom. The van der Waals surface area contributed by atoms with Crippen molar-refractivity contribution in [3.8, 4) is 0 Å². The second kappa shape index (κ2) is 8.59. The van der Waals surface area contributed by atoms with Gasteiger partial charge in [0.25, 0.3) is 0 Å². The van der Waals surface area contributed by atoms with Gasteiger partial charge in [0.2, 0.25) is 11.9 Å². The Bertz CT molecular complexity index is 824. The van der Waals surface area contributed by atoms with Gasteiger partial charge in [0.05, 0.1) is 11.8 Å². The van der Waals surface area contributed by atoms with Crippen molar-refractivity contribution in [3.63, 3.8) is 0 Å². The molecule has 1 amide bonds. The van der Waals surface area contributed by atoms with Crippen molar-refractivity contribution in [3.05, 3.63) is 34.8 Å². The number of ether oxygens (including phenoxy) is 2. The molecule has 0 saturated carbocycles. The number of hydrogen-bond acceptors (Lipinski definition) is 5. The summed E-state index contributed by atoms with van der Waals surface area (Å²) >= 11 is 0. The summed E-state index contributed by atoms with van der Waals surface area (Å²) in [6, 6.07) is 0.186. The largest absolute Gasteiger partial charge is 0.618 e. The van der Waals surface area contributed by atoms with Crippen molar-refractivity contribution in [1.29, 1.82) is 0 Å². The molecule has 2 atom stereocenters. The first kappa shape index (κ1) is 24.8. The van der Waals surface area contributed by atoms with E-state index < -0.39 is 46.4 Å². The summed E-state index contributed by atoms with van der Waals surface area (Å²) in [4.78, 5) is 27.3. The summed E-state index contributed by atoms with van der Waals surface area (Å²) in [5.74, 6) is -2.62. The SMILES string of the molecule is C[C@@H]1C[C@](Cc2c(F)cc(F)c[n+]2[O-])(C(=O)OC(C)(C)C)CCN1C(=O)OC(C)(C)C. The van der Waals surface area contributed by atoms with Gasteiger partial charge in [-0.2, -0.15) is 9.12 Å². The van der Waals surface area contributed by atoms with Gasteiger partial charge in [-0.25, -0.2) is 9.18 Å². The molecule has 31 heavy (non-hydrogen) atoms. The summed E-state index contributed by atoms with van der Waals surface area (Å²) < 4.78 is 39.0. The van der Waals surface area contributed by atoms with Crippen molar-refractivity contribution in [2.45, 2.75) is 85.0 Å². The number of esters is 1. The van der Waals surface area contributed by atoms with Crippen LogP contribution in [0.5, 0.6) is 0 Å². The molecule has 2 rings (SSSR count). The van der Waals surface area contributed by atoms with Crippen molar-refractivity contribution < 1.29 is 32.6 Å². The highest BCUT2D eigenvalue weighted by atomic mass is 19.1. The zero-order valence-electron chi connectivity index (χ0n) is 19.3. The number of likely N-dealkylation sites (tertiary alicyclic amines) is 1. The molecular weight excluding hydrogens is 410 g/mol. The maximum atomic E-state index is 14.4. The number of piperidine rings is 1. The Hall–Kier alpha value is -2.45. The Balaban J connectivity index is 2.37. The number of pyridine rings is 1. The molecule has 0 bridgehead atoms. The standard InChI is InChI=1S/C22H32F2N2O5/c1-14-11-22(18(27)30-20(2,3)4,8-9-25(14)19(28)31-21(5,6)7)12-17-16(24)10-15(23)13-26(17)29/h10,13-14H,8-9,11-12H2,1-7H3/t14-,22-/m1/s1. The van der Waals surface area contributed by atoms with E-state index in [1.165, 1.54) is 4.90 Å². The molecule has 1 saturated heterocycles. The van der Waals surface area contributed by atoms with Crippen LogP contribution in [0.2, 0.25) is 0 Å². The van der Waals surface area contributed by atoms with Gasteiger partial charge in [0.1, 0.15) is 11.2 Å². The van der Waals surface area contributed by atoms with E-state index in [0.717, 1.165) is 0 Å². The number of hydrogen-bond donors (Lipinski definition) is 0. The van der Waals surface area contributed by atoms with Crippen LogP contribution in [-0.2, 0) is 20.7 Å². The second-order valence-corrected chi connectivity index (χ2v) is 10.2. The minimum Gasteiger partial charge on any atom is -0.618 e. The van der Waals surface area contributed by atoms with Crippen LogP contribution < -0.4 is 4.73 Å². The fourth-order valence-corrected chi connectivity index (χ4v) is 3.75. The van der Waals surface area contributed by atoms with Crippen LogP contribution in [0.15, 0.2) is 12.3 Å². The quantitative estimate of drug-likeness (QED) is 0.403. The Morgan fingerprint density at radius 2 is 1.77 bits per heavy atom. The van der Waals surface area contributed by atoms with E-state index in [1.54, 1.807) is 48.5 Å². The minimum absolute atomic E-state index is 0.113. The lowest BCUT2D eigenvalue weighted by molar-refractivity contribution is -0.618. The first-order valence-electron chi connectivity index (χ1n) is 10.3. The van der Waals surface area contributed by atoms with E-state index in [0.29, 0.717) is 12.3 Å². The third-order valence-electron chi connectivity index (χ3n) is 5.06. The van der Waals surface area contributed by atoms with Crippen molar-refractivity contribution in [1.82, 2.24) is 4.90 Å². The highest BCUT2D eigenvalue weighted by Gasteiger charge is 2.50. The van der Waals surface area contributed by atoms with Crippen molar-refractivity contribution >= 4 is 12.1 Å². The molecule has 7 nitrogen and oxygen atoms in total. The first-order valence-corrected chi connectivity index (χ1v) is 10.3. The zero-order chi connectivity index (χ0) is 23.8. The highest BCUT2D eigenvalue weighted by molar-refractivity contribution is 5.78. The first-order chi connectivity index (χ1) is 14.0. The van der Waals surface area contributed by atoms with E-state index in [1.807, 2.05) is 0 Å². The minimum atomic E-state index is -1.25. The molecule has 1 aromatic heterocycles. The Morgan fingerprint density at radius 3 is 2.26 bits per heavy atom. The molecule has 0 radical (unpaired) electrons. The number of rotatable bonds is 3. The van der Waals surface area contributed by atoms with Crippen LogP contribution in [0.3, 0.4) is 0 Å². The lowest BCUT2D eigenvalue weighted by Crippen LogP contribution is -2.55. The molecule has 0 N–H and O–H groups in total. The predicted octanol–water partition coefficient (Wildman–Crippen LogP) is 3.89. The van der Waals surface area contributed by atoms with Gasteiger partial charge in [-0.1, -0.05) is 0 Å². The molecule has 1 aliphatic heterocycles. The maximum absolute atomic E-state index is 14.4. The summed E-state index contributed by atoms with van der Waals surface area (Å²) in [7, 11) is 0. The Labute approximate surface area is 181 Å². The number of aromatic nitrogens is 1. The van der Waals surface area contributed by atoms with E-state index in [4.69, 9.17) is 9.47 Å². The molecule has 0 unspecified atom stereocenters. The molecule has 174 valence electrons. The number of nitrogens with zero attached hydrogens (tertiary/aromatic N) is 2. The van der Waals surface area contributed by atoms with Crippen LogP contribution in [0.25, 0.3) is 0 Å². The summed E-state index contributed by atoms with van der Waals surface area (Å²) in [5.41, 5.74) is -3.08. The summed E-state index contributed by atoms with van der Waals surface area (Å²) in [5, 5.41) is 12.2. The van der Waals surface area contributed by atoms with Crippen LogP contribution in [0.1, 0.15) is 67.0 Å². The smallest absolute Gasteiger partial charge is 0.410 e. The number of carbonyl (C=O) groups excluding carboxylic acids is 2. The fraction of sp³-hybridized carbons (Fsp3) is 0.682. The second-order valence-electron chi connectivity index (χ2n) is 10.2. The van der Waals surface area contributed by atoms with E-state index >= 15 is 0 Å². The molecule has 9 heteroatoms. The van der Waals surface area contributed by atoms with E-state index in [-0.39, 0.29) is 36.2 Å². The third-order valence-corrected chi connectivity index (χ3v) is 5.06. The molecule has 1 aliphatic rings. The lowest BCUT2D eigenvalue weighted by Gasteiger charge is -2.44. The Kier molecular flexibility index (Phi) is 6.88. The van der Waals surface area contributed by atoms with Crippen LogP contribution in [0, 0.1) is 22.3 Å². The normalized spacial score (nSPS) is 22.2. The van der Waals surface area contributed by atoms with Gasteiger partial charge in [-0.15, -0.1) is 0 Å². The average molecular weight is 443 g/mol. The molecule has 0 aliphatic carbocycles. The van der Waals surface area contributed by atoms with Crippen molar-refractivity contribution in [2.24, 2.45) is 5.41 Å². The van der Waals surface area contributed by atoms with Crippen LogP contribution >= 0.6 is 0 Å². The number of carbonyl (C=O) groups is 2. The molecule has 1 aromatic rings. The van der Waals surface area contributed by atoms with Crippen LogP contribution in [0.4, 0.5) is 13.6 Å². The monoisotopic (exact) mass is 442 g/mol. The molecule has 2 heterocycles. The topological polar surface area (TPSA) is 82.8 Å².